The summed E-state index contributed by atoms with van der Waals surface area (Å²) in [6.07, 6.45) is 8.81. The van der Waals surface area contributed by atoms with Gasteiger partial charge < -0.3 is 14.8 Å². The average molecular weight is 429 g/mol. The first kappa shape index (κ1) is 28.2. The maximum Gasteiger partial charge on any atom is 0.341 e. The molecule has 0 radical (unpaired) electrons. The normalized spacial score (nSPS) is 10.6. The predicted molar refractivity (Wildman–Crippen MR) is 133 cm³/mol. The van der Waals surface area contributed by atoms with Crippen LogP contribution in [0.4, 0.5) is 5.69 Å². The molecule has 0 bridgehead atoms. The zero-order valence-corrected chi connectivity index (χ0v) is 20.5. The lowest BCUT2D eigenvalue weighted by Crippen LogP contribution is -2.12. The van der Waals surface area contributed by atoms with E-state index >= 15 is 0 Å². The topological polar surface area (TPSA) is 60.5 Å². The maximum atomic E-state index is 12.4. The van der Waals surface area contributed by atoms with Crippen LogP contribution in [0, 0.1) is 0 Å². The quantitative estimate of drug-likeness (QED) is 0.356. The van der Waals surface area contributed by atoms with E-state index < -0.39 is 0 Å². The number of nitrogens with zero attached hydrogens (tertiary/aromatic N) is 1. The van der Waals surface area contributed by atoms with Crippen molar-refractivity contribution >= 4 is 22.6 Å². The molecule has 5 nitrogen and oxygen atoms in total. The summed E-state index contributed by atoms with van der Waals surface area (Å²) in [6.45, 7) is 17.5. The van der Waals surface area contributed by atoms with Crippen molar-refractivity contribution in [2.45, 2.75) is 61.8 Å². The Morgan fingerprint density at radius 3 is 2.39 bits per heavy atom. The minimum Gasteiger partial charge on any atom is -0.494 e. The standard InChI is InChI=1S/C21H26N2O3.C3H8.C2H6/c1-5-8-9-15(4)13-23-20-17-12-16(25-6-2)10-11-19(17)22-14-18(20)21(24)26-7-3;1-3-2;1-2/h5,8-12,14H,6-7,13H2,1-4H3,(H,22,23);3H2,1-2H3;1-2H3/b8-5-,15-9+;;. The van der Waals surface area contributed by atoms with Gasteiger partial charge in [-0.3, -0.25) is 4.98 Å². The number of pyridine rings is 1. The van der Waals surface area contributed by atoms with Crippen molar-refractivity contribution in [2.24, 2.45) is 0 Å². The van der Waals surface area contributed by atoms with Crippen LogP contribution in [0.15, 0.2) is 48.2 Å². The molecule has 0 aliphatic heterocycles. The van der Waals surface area contributed by atoms with E-state index in [1.165, 1.54) is 6.42 Å². The molecule has 0 saturated carbocycles. The Morgan fingerprint density at radius 1 is 1.13 bits per heavy atom. The summed E-state index contributed by atoms with van der Waals surface area (Å²) >= 11 is 0. The number of ether oxygens (including phenoxy) is 2. The first-order valence-corrected chi connectivity index (χ1v) is 11.3. The predicted octanol–water partition coefficient (Wildman–Crippen LogP) is 7.19. The van der Waals surface area contributed by atoms with Crippen LogP contribution in [0.5, 0.6) is 5.75 Å². The highest BCUT2D eigenvalue weighted by atomic mass is 16.5. The molecule has 1 aromatic carbocycles. The van der Waals surface area contributed by atoms with Crippen LogP contribution in [0.1, 0.15) is 72.2 Å². The van der Waals surface area contributed by atoms with E-state index in [1.807, 2.05) is 71.0 Å². The van der Waals surface area contributed by atoms with Crippen LogP contribution in [0.2, 0.25) is 0 Å². The van der Waals surface area contributed by atoms with Crippen LogP contribution in [0.25, 0.3) is 10.9 Å². The smallest absolute Gasteiger partial charge is 0.341 e. The summed E-state index contributed by atoms with van der Waals surface area (Å²) in [5.41, 5.74) is 3.07. The Kier molecular flexibility index (Phi) is 15.4. The van der Waals surface area contributed by atoms with Gasteiger partial charge in [-0.05, 0) is 45.9 Å². The third kappa shape index (κ3) is 9.69. The summed E-state index contributed by atoms with van der Waals surface area (Å²) in [4.78, 5) is 16.8. The number of anilines is 1. The van der Waals surface area contributed by atoms with Crippen molar-refractivity contribution in [3.8, 4) is 5.75 Å². The fourth-order valence-electron chi connectivity index (χ4n) is 2.53. The minimum absolute atomic E-state index is 0.315. The summed E-state index contributed by atoms with van der Waals surface area (Å²) in [5.74, 6) is 0.355. The molecule has 0 aliphatic rings. The molecule has 2 aromatic rings. The van der Waals surface area contributed by atoms with E-state index in [2.05, 4.69) is 24.1 Å². The van der Waals surface area contributed by atoms with E-state index in [9.17, 15) is 4.79 Å². The Bertz CT molecular complexity index is 842. The van der Waals surface area contributed by atoms with E-state index in [1.54, 1.807) is 13.1 Å². The molecule has 172 valence electrons. The van der Waals surface area contributed by atoms with Crippen molar-refractivity contribution < 1.29 is 14.3 Å². The number of hydrogen-bond donors (Lipinski definition) is 1. The molecule has 0 spiro atoms. The SMILES string of the molecule is C/C=C\C=C(/C)CNc1c(C(=O)OCC)cnc2ccc(OCC)cc12.CC.CCC. The summed E-state index contributed by atoms with van der Waals surface area (Å²) < 4.78 is 10.8. The van der Waals surface area contributed by atoms with Gasteiger partial charge in [-0.15, -0.1) is 0 Å². The van der Waals surface area contributed by atoms with E-state index in [-0.39, 0.29) is 5.97 Å². The Labute approximate surface area is 188 Å². The highest BCUT2D eigenvalue weighted by Crippen LogP contribution is 2.30. The number of allylic oxidation sites excluding steroid dienone is 3. The van der Waals surface area contributed by atoms with E-state index in [0.29, 0.717) is 31.0 Å². The van der Waals surface area contributed by atoms with Gasteiger partial charge in [0.2, 0.25) is 0 Å². The molecule has 5 heteroatoms. The molecular formula is C26H40N2O3. The zero-order valence-electron chi connectivity index (χ0n) is 20.5. The lowest BCUT2D eigenvalue weighted by Gasteiger charge is -2.15. The number of carbonyl (C=O) groups is 1. The highest BCUT2D eigenvalue weighted by Gasteiger charge is 2.17. The number of aromatic nitrogens is 1. The van der Waals surface area contributed by atoms with Crippen molar-refractivity contribution in [2.75, 3.05) is 25.1 Å². The number of rotatable bonds is 8. The molecule has 1 heterocycles. The fourth-order valence-corrected chi connectivity index (χ4v) is 2.53. The number of esters is 1. The minimum atomic E-state index is -0.388. The Morgan fingerprint density at radius 2 is 1.81 bits per heavy atom. The summed E-state index contributed by atoms with van der Waals surface area (Å²) in [5, 5.41) is 4.21. The molecule has 2 rings (SSSR count). The van der Waals surface area contributed by atoms with Crippen molar-refractivity contribution in [3.05, 3.63) is 53.8 Å². The Balaban J connectivity index is 0.00000165. The molecule has 1 aromatic heterocycles. The molecule has 0 fully saturated rings. The highest BCUT2D eigenvalue weighted by molar-refractivity contribution is 6.05. The van der Waals surface area contributed by atoms with Gasteiger partial charge in [-0.2, -0.15) is 0 Å². The fraction of sp³-hybridized carbons (Fsp3) is 0.462. The van der Waals surface area contributed by atoms with Crippen LogP contribution in [0.3, 0.4) is 0 Å². The average Bonchev–Trinajstić information content (AvgIpc) is 2.78. The maximum absolute atomic E-state index is 12.4. The lowest BCUT2D eigenvalue weighted by molar-refractivity contribution is 0.0527. The summed E-state index contributed by atoms with van der Waals surface area (Å²) in [6, 6.07) is 5.68. The number of nitrogens with one attached hydrogen (secondary N) is 1. The first-order valence-electron chi connectivity index (χ1n) is 11.3. The van der Waals surface area contributed by atoms with Gasteiger partial charge in [0.25, 0.3) is 0 Å². The molecule has 0 atom stereocenters. The number of carbonyl (C=O) groups excluding carboxylic acids is 1. The molecule has 31 heavy (non-hydrogen) atoms. The van der Waals surface area contributed by atoms with Crippen LogP contribution < -0.4 is 10.1 Å². The lowest BCUT2D eigenvalue weighted by atomic mass is 10.1. The second-order valence-electron chi connectivity index (χ2n) is 6.48. The van der Waals surface area contributed by atoms with E-state index in [0.717, 1.165) is 22.2 Å². The molecular weight excluding hydrogens is 388 g/mol. The number of hydrogen-bond acceptors (Lipinski definition) is 5. The van der Waals surface area contributed by atoms with E-state index in [4.69, 9.17) is 9.47 Å². The number of fused-ring (bicyclic) bond motifs is 1. The van der Waals surface area contributed by atoms with Gasteiger partial charge >= 0.3 is 5.97 Å². The monoisotopic (exact) mass is 428 g/mol. The largest absolute Gasteiger partial charge is 0.494 e. The second-order valence-corrected chi connectivity index (χ2v) is 6.48. The summed E-state index contributed by atoms with van der Waals surface area (Å²) in [7, 11) is 0. The molecule has 0 amide bonds. The van der Waals surface area contributed by atoms with Crippen molar-refractivity contribution in [1.82, 2.24) is 4.98 Å². The third-order valence-corrected chi connectivity index (χ3v) is 3.76. The third-order valence-electron chi connectivity index (χ3n) is 3.76. The van der Waals surface area contributed by atoms with Crippen molar-refractivity contribution in [1.29, 1.82) is 0 Å². The molecule has 0 aliphatic carbocycles. The van der Waals surface area contributed by atoms with Gasteiger partial charge in [-0.25, -0.2) is 4.79 Å². The van der Waals surface area contributed by atoms with Gasteiger partial charge in [-0.1, -0.05) is 57.9 Å². The van der Waals surface area contributed by atoms with Crippen LogP contribution in [-0.2, 0) is 4.74 Å². The van der Waals surface area contributed by atoms with Crippen LogP contribution >= 0.6 is 0 Å². The zero-order chi connectivity index (χ0) is 23.6. The van der Waals surface area contributed by atoms with Gasteiger partial charge in [0, 0.05) is 18.1 Å². The Hall–Kier alpha value is -2.82. The van der Waals surface area contributed by atoms with Gasteiger partial charge in [0.05, 0.1) is 24.4 Å². The second kappa shape index (κ2) is 16.9. The molecule has 1 N–H and O–H groups in total. The van der Waals surface area contributed by atoms with Crippen molar-refractivity contribution in [3.63, 3.8) is 0 Å². The first-order chi connectivity index (χ1) is 15.0. The molecule has 0 unspecified atom stereocenters. The van der Waals surface area contributed by atoms with Gasteiger partial charge in [0.1, 0.15) is 11.3 Å². The number of benzene rings is 1. The molecule has 0 saturated heterocycles. The van der Waals surface area contributed by atoms with Crippen LogP contribution in [-0.4, -0.2) is 30.7 Å². The van der Waals surface area contributed by atoms with Gasteiger partial charge in [0.15, 0.2) is 0 Å².